The summed E-state index contributed by atoms with van der Waals surface area (Å²) in [7, 11) is 0. The van der Waals surface area contributed by atoms with Crippen LogP contribution in [0, 0.1) is 0 Å². The monoisotopic (exact) mass is 340 g/mol. The van der Waals surface area contributed by atoms with E-state index >= 15 is 0 Å². The Labute approximate surface area is 147 Å². The summed E-state index contributed by atoms with van der Waals surface area (Å²) in [5, 5.41) is 17.2. The molecule has 0 aromatic carbocycles. The van der Waals surface area contributed by atoms with E-state index < -0.39 is 0 Å². The summed E-state index contributed by atoms with van der Waals surface area (Å²) in [6.45, 7) is 5.92. The molecule has 4 heterocycles. The largest absolute Gasteiger partial charge is 0.376 e. The van der Waals surface area contributed by atoms with Crippen molar-refractivity contribution in [3.8, 4) is 0 Å². The Morgan fingerprint density at radius 1 is 1.24 bits per heavy atom. The molecule has 7 nitrogen and oxygen atoms in total. The lowest BCUT2D eigenvalue weighted by atomic mass is 9.86. The molecule has 0 aliphatic carbocycles. The zero-order valence-corrected chi connectivity index (χ0v) is 14.8. The van der Waals surface area contributed by atoms with Gasteiger partial charge in [-0.2, -0.15) is 0 Å². The molecule has 132 valence electrons. The Kier molecular flexibility index (Phi) is 4.25. The smallest absolute Gasteiger partial charge is 0.160 e. The zero-order chi connectivity index (χ0) is 17.3. The van der Waals surface area contributed by atoms with Crippen molar-refractivity contribution in [3.05, 3.63) is 42.1 Å². The van der Waals surface area contributed by atoms with Gasteiger partial charge in [0, 0.05) is 37.9 Å². The average molecular weight is 340 g/mol. The van der Waals surface area contributed by atoms with Gasteiger partial charge in [0.05, 0.1) is 11.3 Å². The lowest BCUT2D eigenvalue weighted by Crippen LogP contribution is -2.33. The second kappa shape index (κ2) is 6.55. The number of ether oxygens (including phenoxy) is 1. The van der Waals surface area contributed by atoms with Gasteiger partial charge in [0.2, 0.25) is 0 Å². The maximum absolute atomic E-state index is 5.80. The van der Waals surface area contributed by atoms with Crippen LogP contribution in [0.25, 0.3) is 5.65 Å². The van der Waals surface area contributed by atoms with E-state index in [1.165, 1.54) is 0 Å². The van der Waals surface area contributed by atoms with E-state index in [0.29, 0.717) is 5.92 Å². The molecular weight excluding hydrogens is 316 g/mol. The van der Waals surface area contributed by atoms with Crippen LogP contribution in [-0.4, -0.2) is 41.8 Å². The van der Waals surface area contributed by atoms with Crippen LogP contribution in [0.2, 0.25) is 0 Å². The van der Waals surface area contributed by atoms with Gasteiger partial charge in [-0.05, 0) is 45.2 Å². The minimum absolute atomic E-state index is 0.0680. The molecule has 1 aliphatic heterocycles. The predicted octanol–water partition coefficient (Wildman–Crippen LogP) is 2.63. The molecule has 1 atom stereocenters. The highest BCUT2D eigenvalue weighted by atomic mass is 16.5. The zero-order valence-electron chi connectivity index (χ0n) is 14.8. The lowest BCUT2D eigenvalue weighted by Gasteiger charge is -2.34. The van der Waals surface area contributed by atoms with Crippen LogP contribution in [0.1, 0.15) is 50.5 Å². The van der Waals surface area contributed by atoms with Gasteiger partial charge in [-0.3, -0.25) is 9.08 Å². The highest BCUT2D eigenvalue weighted by Crippen LogP contribution is 2.34. The number of hydrogen-bond donors (Lipinski definition) is 0. The quantitative estimate of drug-likeness (QED) is 0.714. The highest BCUT2D eigenvalue weighted by Gasteiger charge is 2.31. The van der Waals surface area contributed by atoms with Crippen molar-refractivity contribution in [1.82, 2.24) is 29.6 Å². The Morgan fingerprint density at radius 2 is 2.16 bits per heavy atom. The summed E-state index contributed by atoms with van der Waals surface area (Å²) in [6, 6.07) is 5.94. The van der Waals surface area contributed by atoms with E-state index in [1.807, 2.05) is 33.5 Å². The van der Waals surface area contributed by atoms with E-state index in [1.54, 1.807) is 0 Å². The number of pyridine rings is 1. The van der Waals surface area contributed by atoms with E-state index in [4.69, 9.17) is 4.74 Å². The van der Waals surface area contributed by atoms with Crippen molar-refractivity contribution in [2.75, 3.05) is 6.61 Å². The van der Waals surface area contributed by atoms with Gasteiger partial charge in [-0.15, -0.1) is 15.3 Å². The molecule has 1 aliphatic rings. The average Bonchev–Trinajstić information content (AvgIpc) is 3.22. The summed E-state index contributed by atoms with van der Waals surface area (Å²) in [5.41, 5.74) is 1.91. The molecule has 0 spiro atoms. The number of rotatable bonds is 5. The van der Waals surface area contributed by atoms with Crippen LogP contribution in [0.3, 0.4) is 0 Å². The van der Waals surface area contributed by atoms with Crippen LogP contribution in [0.5, 0.6) is 0 Å². The maximum atomic E-state index is 5.80. The Balaban J connectivity index is 1.35. The molecule has 1 unspecified atom stereocenters. The fourth-order valence-electron chi connectivity index (χ4n) is 3.55. The van der Waals surface area contributed by atoms with Gasteiger partial charge in [0.1, 0.15) is 5.82 Å². The van der Waals surface area contributed by atoms with Crippen LogP contribution in [0.15, 0.2) is 30.6 Å². The van der Waals surface area contributed by atoms with E-state index in [9.17, 15) is 0 Å². The normalized spacial score (nSPS) is 20.2. The number of nitrogens with zero attached hydrogens (tertiary/aromatic N) is 6. The Bertz CT molecular complexity index is 852. The summed E-state index contributed by atoms with van der Waals surface area (Å²) in [6.07, 6.45) is 7.94. The molecule has 7 heteroatoms. The first kappa shape index (κ1) is 16.2. The van der Waals surface area contributed by atoms with Crippen LogP contribution >= 0.6 is 0 Å². The van der Waals surface area contributed by atoms with Crippen molar-refractivity contribution in [2.24, 2.45) is 0 Å². The van der Waals surface area contributed by atoms with Gasteiger partial charge in [0.25, 0.3) is 0 Å². The Hall–Kier alpha value is -2.28. The number of aryl methyl sites for hydroxylation is 2. The topological polar surface area (TPSA) is 70.1 Å². The lowest BCUT2D eigenvalue weighted by molar-refractivity contribution is -0.0597. The molecule has 4 rings (SSSR count). The van der Waals surface area contributed by atoms with Gasteiger partial charge >= 0.3 is 0 Å². The van der Waals surface area contributed by atoms with Crippen molar-refractivity contribution in [2.45, 2.75) is 57.6 Å². The number of fused-ring (bicyclic) bond motifs is 1. The SMILES string of the molecule is CC1(C)CC(c2cn(CCCc3nnc4ccccn34)nn2)CCO1. The summed E-state index contributed by atoms with van der Waals surface area (Å²) in [5.74, 6) is 1.43. The molecule has 1 fully saturated rings. The van der Waals surface area contributed by atoms with Crippen LogP contribution in [0.4, 0.5) is 0 Å². The second-order valence-corrected chi connectivity index (χ2v) is 7.35. The second-order valence-electron chi connectivity index (χ2n) is 7.35. The standard InChI is InChI=1S/C18H24N6O/c1-18(2)12-14(8-11-25-18)15-13-23(22-19-15)9-5-7-17-21-20-16-6-3-4-10-24(16)17/h3-4,6,10,13-14H,5,7-9,11-12H2,1-2H3. The first-order valence-electron chi connectivity index (χ1n) is 8.93. The van der Waals surface area contributed by atoms with Gasteiger partial charge in [-0.1, -0.05) is 11.3 Å². The molecule has 0 amide bonds. The minimum Gasteiger partial charge on any atom is -0.376 e. The fourth-order valence-corrected chi connectivity index (χ4v) is 3.55. The van der Waals surface area contributed by atoms with E-state index in [2.05, 4.69) is 40.6 Å². The number of aromatic nitrogens is 6. The van der Waals surface area contributed by atoms with Crippen molar-refractivity contribution in [1.29, 1.82) is 0 Å². The summed E-state index contributed by atoms with van der Waals surface area (Å²) < 4.78 is 9.78. The van der Waals surface area contributed by atoms with E-state index in [0.717, 1.165) is 56.0 Å². The third kappa shape index (κ3) is 3.56. The third-order valence-corrected chi connectivity index (χ3v) is 4.84. The maximum Gasteiger partial charge on any atom is 0.160 e. The molecule has 1 saturated heterocycles. The van der Waals surface area contributed by atoms with Crippen LogP contribution in [-0.2, 0) is 17.7 Å². The predicted molar refractivity (Wildman–Crippen MR) is 93.3 cm³/mol. The molecule has 3 aromatic heterocycles. The van der Waals surface area contributed by atoms with E-state index in [-0.39, 0.29) is 5.60 Å². The van der Waals surface area contributed by atoms with Gasteiger partial charge in [0.15, 0.2) is 5.65 Å². The first-order chi connectivity index (χ1) is 12.1. The molecule has 0 saturated carbocycles. The van der Waals surface area contributed by atoms with Crippen molar-refractivity contribution in [3.63, 3.8) is 0 Å². The summed E-state index contributed by atoms with van der Waals surface area (Å²) in [4.78, 5) is 0. The fraction of sp³-hybridized carbons (Fsp3) is 0.556. The molecule has 0 radical (unpaired) electrons. The number of hydrogen-bond acceptors (Lipinski definition) is 5. The van der Waals surface area contributed by atoms with Crippen LogP contribution < -0.4 is 0 Å². The highest BCUT2D eigenvalue weighted by molar-refractivity contribution is 5.36. The van der Waals surface area contributed by atoms with Gasteiger partial charge < -0.3 is 4.74 Å². The van der Waals surface area contributed by atoms with Crippen molar-refractivity contribution >= 4 is 5.65 Å². The Morgan fingerprint density at radius 3 is 3.04 bits per heavy atom. The third-order valence-electron chi connectivity index (χ3n) is 4.84. The molecule has 25 heavy (non-hydrogen) atoms. The summed E-state index contributed by atoms with van der Waals surface area (Å²) >= 11 is 0. The van der Waals surface area contributed by atoms with Gasteiger partial charge in [-0.25, -0.2) is 0 Å². The first-order valence-corrected chi connectivity index (χ1v) is 8.93. The van der Waals surface area contributed by atoms with Crippen molar-refractivity contribution < 1.29 is 4.74 Å². The molecular formula is C18H24N6O. The minimum atomic E-state index is -0.0680. The molecule has 0 N–H and O–H groups in total. The molecule has 3 aromatic rings. The molecule has 0 bridgehead atoms.